The molecule has 0 saturated carbocycles. The van der Waals surface area contributed by atoms with E-state index >= 15 is 0 Å². The SMILES string of the molecule is COCC(C)N(C)C1Cc2ccc(OC)cc2C1N. The van der Waals surface area contributed by atoms with Crippen LogP contribution >= 0.6 is 0 Å². The molecule has 0 fully saturated rings. The van der Waals surface area contributed by atoms with Gasteiger partial charge in [0.2, 0.25) is 0 Å². The quantitative estimate of drug-likeness (QED) is 0.877. The molecule has 0 saturated heterocycles. The summed E-state index contributed by atoms with van der Waals surface area (Å²) in [5.74, 6) is 0.877. The van der Waals surface area contributed by atoms with E-state index in [1.165, 1.54) is 11.1 Å². The lowest BCUT2D eigenvalue weighted by Crippen LogP contribution is -2.45. The predicted octanol–water partition coefficient (Wildman–Crippen LogP) is 1.59. The lowest BCUT2D eigenvalue weighted by atomic mass is 10.1. The van der Waals surface area contributed by atoms with Gasteiger partial charge in [0, 0.05) is 25.2 Å². The molecule has 0 aromatic heterocycles. The summed E-state index contributed by atoms with van der Waals surface area (Å²) in [4.78, 5) is 2.32. The summed E-state index contributed by atoms with van der Waals surface area (Å²) in [5, 5.41) is 0. The van der Waals surface area contributed by atoms with Crippen LogP contribution < -0.4 is 10.5 Å². The van der Waals surface area contributed by atoms with Crippen molar-refractivity contribution in [3.63, 3.8) is 0 Å². The number of nitrogens with zero attached hydrogens (tertiary/aromatic N) is 1. The van der Waals surface area contributed by atoms with Crippen molar-refractivity contribution in [2.24, 2.45) is 5.73 Å². The Kier molecular flexibility index (Phi) is 4.45. The molecule has 0 bridgehead atoms. The van der Waals surface area contributed by atoms with Gasteiger partial charge >= 0.3 is 0 Å². The van der Waals surface area contributed by atoms with Crippen molar-refractivity contribution in [2.45, 2.75) is 31.5 Å². The van der Waals surface area contributed by atoms with E-state index in [0.717, 1.165) is 18.8 Å². The van der Waals surface area contributed by atoms with Crippen molar-refractivity contribution in [3.05, 3.63) is 29.3 Å². The highest BCUT2D eigenvalue weighted by Crippen LogP contribution is 2.35. The number of likely N-dealkylation sites (N-methyl/N-ethyl adjacent to an activating group) is 1. The van der Waals surface area contributed by atoms with Gasteiger partial charge in [-0.3, -0.25) is 4.90 Å². The maximum absolute atomic E-state index is 6.41. The fourth-order valence-corrected chi connectivity index (χ4v) is 2.84. The number of methoxy groups -OCH3 is 2. The maximum atomic E-state index is 6.41. The summed E-state index contributed by atoms with van der Waals surface area (Å²) in [5.41, 5.74) is 8.95. The van der Waals surface area contributed by atoms with Crippen LogP contribution in [-0.4, -0.2) is 44.9 Å². The van der Waals surface area contributed by atoms with E-state index in [-0.39, 0.29) is 6.04 Å². The normalized spacial score (nSPS) is 23.5. The molecule has 3 unspecified atom stereocenters. The first-order chi connectivity index (χ1) is 9.08. The van der Waals surface area contributed by atoms with E-state index in [1.54, 1.807) is 14.2 Å². The van der Waals surface area contributed by atoms with Gasteiger partial charge in [-0.15, -0.1) is 0 Å². The first-order valence-corrected chi connectivity index (χ1v) is 6.71. The van der Waals surface area contributed by atoms with Crippen molar-refractivity contribution in [3.8, 4) is 5.75 Å². The molecular weight excluding hydrogens is 240 g/mol. The van der Waals surface area contributed by atoms with Gasteiger partial charge in [-0.05, 0) is 43.7 Å². The van der Waals surface area contributed by atoms with Crippen LogP contribution in [0.4, 0.5) is 0 Å². The van der Waals surface area contributed by atoms with Crippen LogP contribution in [0, 0.1) is 0 Å². The Bertz CT molecular complexity index is 436. The maximum Gasteiger partial charge on any atom is 0.119 e. The summed E-state index contributed by atoms with van der Waals surface area (Å²) in [6.45, 7) is 2.89. The van der Waals surface area contributed by atoms with E-state index in [1.807, 2.05) is 6.07 Å². The minimum absolute atomic E-state index is 0.0365. The van der Waals surface area contributed by atoms with Crippen LogP contribution in [0.25, 0.3) is 0 Å². The number of fused-ring (bicyclic) bond motifs is 1. The highest BCUT2D eigenvalue weighted by atomic mass is 16.5. The molecule has 4 heteroatoms. The molecule has 3 atom stereocenters. The molecule has 0 radical (unpaired) electrons. The van der Waals surface area contributed by atoms with Gasteiger partial charge in [-0.2, -0.15) is 0 Å². The summed E-state index contributed by atoms with van der Waals surface area (Å²) in [7, 11) is 5.54. The molecule has 0 amide bonds. The van der Waals surface area contributed by atoms with E-state index in [0.29, 0.717) is 12.1 Å². The topological polar surface area (TPSA) is 47.7 Å². The fraction of sp³-hybridized carbons (Fsp3) is 0.600. The molecule has 2 N–H and O–H groups in total. The van der Waals surface area contributed by atoms with Crippen molar-refractivity contribution in [2.75, 3.05) is 27.9 Å². The third kappa shape index (κ3) is 2.76. The third-order valence-electron chi connectivity index (χ3n) is 4.18. The average Bonchev–Trinajstić information content (AvgIpc) is 2.75. The van der Waals surface area contributed by atoms with Crippen LogP contribution in [-0.2, 0) is 11.2 Å². The summed E-state index contributed by atoms with van der Waals surface area (Å²) in [6, 6.07) is 6.92. The molecule has 0 spiro atoms. The number of ether oxygens (including phenoxy) is 2. The number of hydrogen-bond donors (Lipinski definition) is 1. The zero-order valence-corrected chi connectivity index (χ0v) is 12.2. The van der Waals surface area contributed by atoms with Crippen molar-refractivity contribution in [1.82, 2.24) is 4.90 Å². The average molecular weight is 264 g/mol. The van der Waals surface area contributed by atoms with E-state index in [2.05, 4.69) is 31.0 Å². The second-order valence-electron chi connectivity index (χ2n) is 5.33. The minimum Gasteiger partial charge on any atom is -0.497 e. The minimum atomic E-state index is 0.0365. The Labute approximate surface area is 115 Å². The highest BCUT2D eigenvalue weighted by molar-refractivity contribution is 5.42. The number of benzene rings is 1. The molecular formula is C15H24N2O2. The largest absolute Gasteiger partial charge is 0.497 e. The molecule has 1 aliphatic rings. The summed E-state index contributed by atoms with van der Waals surface area (Å²) in [6.07, 6.45) is 0.991. The molecule has 1 aromatic carbocycles. The van der Waals surface area contributed by atoms with Crippen LogP contribution in [0.5, 0.6) is 5.75 Å². The molecule has 106 valence electrons. The molecule has 1 aromatic rings. The summed E-state index contributed by atoms with van der Waals surface area (Å²) >= 11 is 0. The standard InChI is InChI=1S/C15H24N2O2/c1-10(9-18-3)17(2)14-7-11-5-6-12(19-4)8-13(11)15(14)16/h5-6,8,10,14-15H,7,9,16H2,1-4H3. The van der Waals surface area contributed by atoms with E-state index in [4.69, 9.17) is 15.2 Å². The Morgan fingerprint density at radius 2 is 2.16 bits per heavy atom. The van der Waals surface area contributed by atoms with Crippen LogP contribution in [0.15, 0.2) is 18.2 Å². The second kappa shape index (κ2) is 5.90. The Hall–Kier alpha value is -1.10. The lowest BCUT2D eigenvalue weighted by molar-refractivity contribution is 0.0840. The van der Waals surface area contributed by atoms with Gasteiger partial charge in [-0.25, -0.2) is 0 Å². The van der Waals surface area contributed by atoms with Crippen LogP contribution in [0.3, 0.4) is 0 Å². The lowest BCUT2D eigenvalue weighted by Gasteiger charge is -2.32. The van der Waals surface area contributed by atoms with Crippen LogP contribution in [0.2, 0.25) is 0 Å². The van der Waals surface area contributed by atoms with Gasteiger partial charge in [0.25, 0.3) is 0 Å². The molecule has 0 aliphatic heterocycles. The second-order valence-corrected chi connectivity index (χ2v) is 5.33. The van der Waals surface area contributed by atoms with E-state index in [9.17, 15) is 0 Å². The fourth-order valence-electron chi connectivity index (χ4n) is 2.84. The predicted molar refractivity (Wildman–Crippen MR) is 76.5 cm³/mol. The Balaban J connectivity index is 2.16. The van der Waals surface area contributed by atoms with Crippen molar-refractivity contribution < 1.29 is 9.47 Å². The van der Waals surface area contributed by atoms with Gasteiger partial charge in [-0.1, -0.05) is 6.07 Å². The zero-order valence-electron chi connectivity index (χ0n) is 12.2. The van der Waals surface area contributed by atoms with E-state index < -0.39 is 0 Å². The number of nitrogens with two attached hydrogens (primary N) is 1. The van der Waals surface area contributed by atoms with Gasteiger partial charge in [0.1, 0.15) is 5.75 Å². The smallest absolute Gasteiger partial charge is 0.119 e. The zero-order chi connectivity index (χ0) is 14.0. The third-order valence-corrected chi connectivity index (χ3v) is 4.18. The van der Waals surface area contributed by atoms with Crippen LogP contribution in [0.1, 0.15) is 24.1 Å². The Morgan fingerprint density at radius 1 is 1.42 bits per heavy atom. The van der Waals surface area contributed by atoms with Gasteiger partial charge in [0.15, 0.2) is 0 Å². The van der Waals surface area contributed by atoms with Crippen molar-refractivity contribution in [1.29, 1.82) is 0 Å². The highest BCUT2D eigenvalue weighted by Gasteiger charge is 2.34. The molecule has 2 rings (SSSR count). The summed E-state index contributed by atoms with van der Waals surface area (Å²) < 4.78 is 10.5. The van der Waals surface area contributed by atoms with Crippen molar-refractivity contribution >= 4 is 0 Å². The monoisotopic (exact) mass is 264 g/mol. The molecule has 19 heavy (non-hydrogen) atoms. The van der Waals surface area contributed by atoms with Gasteiger partial charge < -0.3 is 15.2 Å². The Morgan fingerprint density at radius 3 is 2.79 bits per heavy atom. The van der Waals surface area contributed by atoms with Gasteiger partial charge in [0.05, 0.1) is 13.7 Å². The number of rotatable bonds is 5. The first-order valence-electron chi connectivity index (χ1n) is 6.71. The molecule has 0 heterocycles. The first kappa shape index (κ1) is 14.3. The molecule has 1 aliphatic carbocycles. The number of hydrogen-bond acceptors (Lipinski definition) is 4. The molecule has 4 nitrogen and oxygen atoms in total.